The lowest BCUT2D eigenvalue weighted by atomic mass is 10.3. The van der Waals surface area contributed by atoms with E-state index in [9.17, 15) is 4.79 Å². The summed E-state index contributed by atoms with van der Waals surface area (Å²) in [5.74, 6) is 1.53. The lowest BCUT2D eigenvalue weighted by Gasteiger charge is -2.18. The van der Waals surface area contributed by atoms with Crippen LogP contribution in [0.3, 0.4) is 0 Å². The lowest BCUT2D eigenvalue weighted by Crippen LogP contribution is -2.32. The van der Waals surface area contributed by atoms with Crippen LogP contribution >= 0.6 is 0 Å². The number of nitrogens with zero attached hydrogens (tertiary/aromatic N) is 1. The van der Waals surface area contributed by atoms with Gasteiger partial charge >= 0.3 is 0 Å². The van der Waals surface area contributed by atoms with E-state index >= 15 is 0 Å². The fourth-order valence-corrected chi connectivity index (χ4v) is 2.62. The molecule has 1 N–H and O–H groups in total. The number of amides is 1. The molecule has 0 fully saturated rings. The van der Waals surface area contributed by atoms with Crippen LogP contribution in [-0.4, -0.2) is 32.7 Å². The van der Waals surface area contributed by atoms with Crippen molar-refractivity contribution < 1.29 is 14.3 Å². The van der Waals surface area contributed by atoms with E-state index in [1.807, 2.05) is 84.9 Å². The molecule has 0 saturated carbocycles. The van der Waals surface area contributed by atoms with Crippen molar-refractivity contribution >= 4 is 17.3 Å². The van der Waals surface area contributed by atoms with Gasteiger partial charge in [-0.3, -0.25) is 4.79 Å². The van der Waals surface area contributed by atoms with Crippen LogP contribution in [0.4, 0.5) is 11.4 Å². The summed E-state index contributed by atoms with van der Waals surface area (Å²) in [5.41, 5.74) is 1.70. The summed E-state index contributed by atoms with van der Waals surface area (Å²) in [6, 6.07) is 26.7. The average Bonchev–Trinajstić information content (AvgIpc) is 2.76. The molecule has 0 spiro atoms. The molecule has 28 heavy (non-hydrogen) atoms. The molecule has 0 saturated heterocycles. The monoisotopic (exact) mass is 376 g/mol. The summed E-state index contributed by atoms with van der Waals surface area (Å²) in [6.45, 7) is 1.10. The number of rotatable bonds is 9. The maximum absolute atomic E-state index is 12.4. The Kier molecular flexibility index (Phi) is 6.90. The van der Waals surface area contributed by atoms with E-state index in [1.54, 1.807) is 11.9 Å². The number of para-hydroxylation sites is 2. The average molecular weight is 376 g/mol. The predicted octanol–water partition coefficient (Wildman–Crippen LogP) is 4.22. The van der Waals surface area contributed by atoms with Crippen molar-refractivity contribution in [3.8, 4) is 11.5 Å². The second-order valence-electron chi connectivity index (χ2n) is 6.18. The summed E-state index contributed by atoms with van der Waals surface area (Å²) in [4.78, 5) is 14.0. The van der Waals surface area contributed by atoms with Gasteiger partial charge in [0.1, 0.15) is 24.7 Å². The van der Waals surface area contributed by atoms with Gasteiger partial charge in [0, 0.05) is 24.5 Å². The third-order valence-corrected chi connectivity index (χ3v) is 4.16. The second kappa shape index (κ2) is 10.0. The largest absolute Gasteiger partial charge is 0.490 e. The molecule has 5 heteroatoms. The minimum atomic E-state index is -0.0196. The van der Waals surface area contributed by atoms with E-state index in [2.05, 4.69) is 5.32 Å². The standard InChI is InChI=1S/C23H24N2O3/c1-25(20-10-4-2-5-11-20)23(26)18-24-19-9-8-14-22(17-19)28-16-15-27-21-12-6-3-7-13-21/h2-14,17,24H,15-16,18H2,1H3. The molecule has 0 atom stereocenters. The van der Waals surface area contributed by atoms with Crippen LogP contribution in [0.1, 0.15) is 0 Å². The highest BCUT2D eigenvalue weighted by Crippen LogP contribution is 2.18. The molecule has 0 bridgehead atoms. The molecule has 0 aliphatic rings. The molecule has 0 radical (unpaired) electrons. The first kappa shape index (κ1) is 19.3. The maximum atomic E-state index is 12.4. The van der Waals surface area contributed by atoms with Gasteiger partial charge in [0.05, 0.1) is 6.54 Å². The molecule has 144 valence electrons. The highest BCUT2D eigenvalue weighted by atomic mass is 16.5. The highest BCUT2D eigenvalue weighted by Gasteiger charge is 2.10. The molecule has 0 heterocycles. The molecular weight excluding hydrogens is 352 g/mol. The van der Waals surface area contributed by atoms with Gasteiger partial charge in [-0.2, -0.15) is 0 Å². The summed E-state index contributed by atoms with van der Waals surface area (Å²) < 4.78 is 11.3. The summed E-state index contributed by atoms with van der Waals surface area (Å²) >= 11 is 0. The van der Waals surface area contributed by atoms with Crippen LogP contribution in [0.25, 0.3) is 0 Å². The number of anilines is 2. The molecule has 3 aromatic carbocycles. The van der Waals surface area contributed by atoms with Crippen molar-refractivity contribution in [1.29, 1.82) is 0 Å². The van der Waals surface area contributed by atoms with Crippen LogP contribution < -0.4 is 19.7 Å². The Hall–Kier alpha value is -3.47. The van der Waals surface area contributed by atoms with Crippen LogP contribution in [0, 0.1) is 0 Å². The Morgan fingerprint density at radius 1 is 0.821 bits per heavy atom. The zero-order valence-corrected chi connectivity index (χ0v) is 15.9. The van der Waals surface area contributed by atoms with Crippen molar-refractivity contribution in [3.05, 3.63) is 84.9 Å². The van der Waals surface area contributed by atoms with Crippen molar-refractivity contribution in [2.24, 2.45) is 0 Å². The number of benzene rings is 3. The number of carbonyl (C=O) groups excluding carboxylic acids is 1. The van der Waals surface area contributed by atoms with Gasteiger partial charge in [-0.25, -0.2) is 0 Å². The zero-order valence-electron chi connectivity index (χ0n) is 15.9. The minimum absolute atomic E-state index is 0.0196. The third kappa shape index (κ3) is 5.77. The normalized spacial score (nSPS) is 10.2. The van der Waals surface area contributed by atoms with Crippen LogP contribution in [0.5, 0.6) is 11.5 Å². The Labute approximate surface area is 165 Å². The Morgan fingerprint density at radius 3 is 2.14 bits per heavy atom. The Morgan fingerprint density at radius 2 is 1.43 bits per heavy atom. The fraction of sp³-hybridized carbons (Fsp3) is 0.174. The first-order valence-corrected chi connectivity index (χ1v) is 9.18. The molecule has 3 aromatic rings. The van der Waals surface area contributed by atoms with E-state index in [0.717, 1.165) is 22.9 Å². The number of ether oxygens (including phenoxy) is 2. The van der Waals surface area contributed by atoms with Gasteiger partial charge in [-0.15, -0.1) is 0 Å². The Balaban J connectivity index is 1.44. The van der Waals surface area contributed by atoms with Gasteiger partial charge < -0.3 is 19.7 Å². The Bertz CT molecular complexity index is 869. The molecular formula is C23H24N2O3. The topological polar surface area (TPSA) is 50.8 Å². The summed E-state index contributed by atoms with van der Waals surface area (Å²) in [6.07, 6.45) is 0. The third-order valence-electron chi connectivity index (χ3n) is 4.16. The van der Waals surface area contributed by atoms with Crippen molar-refractivity contribution in [3.63, 3.8) is 0 Å². The highest BCUT2D eigenvalue weighted by molar-refractivity contribution is 5.95. The minimum Gasteiger partial charge on any atom is -0.490 e. The number of nitrogens with one attached hydrogen (secondary N) is 1. The van der Waals surface area contributed by atoms with Crippen molar-refractivity contribution in [1.82, 2.24) is 0 Å². The first-order valence-electron chi connectivity index (χ1n) is 9.18. The van der Waals surface area contributed by atoms with Crippen molar-refractivity contribution in [2.45, 2.75) is 0 Å². The van der Waals surface area contributed by atoms with E-state index < -0.39 is 0 Å². The maximum Gasteiger partial charge on any atom is 0.246 e. The molecule has 3 rings (SSSR count). The van der Waals surface area contributed by atoms with Crippen LogP contribution in [-0.2, 0) is 4.79 Å². The molecule has 0 unspecified atom stereocenters. The molecule has 5 nitrogen and oxygen atoms in total. The number of carbonyl (C=O) groups is 1. The smallest absolute Gasteiger partial charge is 0.246 e. The van der Waals surface area contributed by atoms with Crippen LogP contribution in [0.15, 0.2) is 84.9 Å². The molecule has 1 amide bonds. The van der Waals surface area contributed by atoms with Gasteiger partial charge in [0.25, 0.3) is 0 Å². The summed E-state index contributed by atoms with van der Waals surface area (Å²) in [5, 5.41) is 3.15. The van der Waals surface area contributed by atoms with Gasteiger partial charge in [-0.05, 0) is 36.4 Å². The van der Waals surface area contributed by atoms with Crippen LogP contribution in [0.2, 0.25) is 0 Å². The van der Waals surface area contributed by atoms with Gasteiger partial charge in [-0.1, -0.05) is 42.5 Å². The quantitative estimate of drug-likeness (QED) is 0.568. The molecule has 0 aliphatic heterocycles. The van der Waals surface area contributed by atoms with E-state index in [-0.39, 0.29) is 12.5 Å². The summed E-state index contributed by atoms with van der Waals surface area (Å²) in [7, 11) is 1.77. The lowest BCUT2D eigenvalue weighted by molar-refractivity contribution is -0.116. The molecule has 0 aliphatic carbocycles. The first-order chi connectivity index (χ1) is 13.7. The second-order valence-corrected chi connectivity index (χ2v) is 6.18. The van der Waals surface area contributed by atoms with Crippen molar-refractivity contribution in [2.75, 3.05) is 37.0 Å². The fourth-order valence-electron chi connectivity index (χ4n) is 2.62. The zero-order chi connectivity index (χ0) is 19.6. The predicted molar refractivity (Wildman–Crippen MR) is 112 cm³/mol. The van der Waals surface area contributed by atoms with Gasteiger partial charge in [0.2, 0.25) is 5.91 Å². The number of likely N-dealkylation sites (N-methyl/N-ethyl adjacent to an activating group) is 1. The van der Waals surface area contributed by atoms with E-state index in [1.165, 1.54) is 0 Å². The number of hydrogen-bond donors (Lipinski definition) is 1. The van der Waals surface area contributed by atoms with E-state index in [4.69, 9.17) is 9.47 Å². The molecule has 0 aromatic heterocycles. The van der Waals surface area contributed by atoms with E-state index in [0.29, 0.717) is 13.2 Å². The number of hydrogen-bond acceptors (Lipinski definition) is 4. The SMILES string of the molecule is CN(C(=O)CNc1cccc(OCCOc2ccccc2)c1)c1ccccc1. The van der Waals surface area contributed by atoms with Gasteiger partial charge in [0.15, 0.2) is 0 Å².